The molecule has 16 heavy (non-hydrogen) atoms. The minimum atomic E-state index is -0.755. The molecule has 88 valence electrons. The van der Waals surface area contributed by atoms with Crippen LogP contribution in [0.2, 0.25) is 0 Å². The third-order valence-corrected chi connectivity index (χ3v) is 2.51. The first kappa shape index (κ1) is 12.9. The monoisotopic (exact) mass is 241 g/mol. The Morgan fingerprint density at radius 1 is 1.50 bits per heavy atom. The van der Waals surface area contributed by atoms with E-state index in [0.29, 0.717) is 19.5 Å². The van der Waals surface area contributed by atoms with Gasteiger partial charge in [-0.25, -0.2) is 9.97 Å². The first-order chi connectivity index (χ1) is 7.72. The van der Waals surface area contributed by atoms with Gasteiger partial charge in [0.05, 0.1) is 0 Å². The summed E-state index contributed by atoms with van der Waals surface area (Å²) in [5.74, 6) is -0.755. The summed E-state index contributed by atoms with van der Waals surface area (Å²) in [5, 5.41) is 12.3. The molecule has 0 aliphatic carbocycles. The summed E-state index contributed by atoms with van der Waals surface area (Å²) in [6.07, 6.45) is 6.33. The third kappa shape index (κ3) is 5.09. The molecule has 0 saturated heterocycles. The van der Waals surface area contributed by atoms with Crippen molar-refractivity contribution in [3.8, 4) is 0 Å². The highest BCUT2D eigenvalue weighted by Gasteiger charge is 1.98. The molecule has 0 aliphatic rings. The molecule has 0 amide bonds. The van der Waals surface area contributed by atoms with Crippen molar-refractivity contribution < 1.29 is 9.90 Å². The summed E-state index contributed by atoms with van der Waals surface area (Å²) in [6.45, 7) is 1.37. The van der Waals surface area contributed by atoms with Gasteiger partial charge < -0.3 is 10.4 Å². The number of carboxylic acid groups (broad SMARTS) is 1. The number of nitrogens with one attached hydrogen (secondary N) is 1. The van der Waals surface area contributed by atoms with Gasteiger partial charge >= 0.3 is 5.97 Å². The molecule has 5 nitrogen and oxygen atoms in total. The first-order valence-electron chi connectivity index (χ1n) is 5.00. The van der Waals surface area contributed by atoms with E-state index in [9.17, 15) is 4.79 Å². The van der Waals surface area contributed by atoms with Crippen molar-refractivity contribution in [3.63, 3.8) is 0 Å². The second-order valence-electron chi connectivity index (χ2n) is 3.25. The molecular formula is C10H15N3O2S. The van der Waals surface area contributed by atoms with Crippen LogP contribution in [0.3, 0.4) is 0 Å². The predicted molar refractivity (Wildman–Crippen MR) is 62.4 cm³/mol. The predicted octanol–water partition coefficient (Wildman–Crippen LogP) is 1.15. The van der Waals surface area contributed by atoms with Gasteiger partial charge in [-0.05, 0) is 19.2 Å². The lowest BCUT2D eigenvalue weighted by Gasteiger charge is -2.03. The van der Waals surface area contributed by atoms with Crippen LogP contribution >= 0.6 is 11.8 Å². The Labute approximate surface area is 98.7 Å². The van der Waals surface area contributed by atoms with E-state index < -0.39 is 5.97 Å². The molecule has 0 saturated carbocycles. The third-order valence-electron chi connectivity index (χ3n) is 1.94. The highest BCUT2D eigenvalue weighted by atomic mass is 32.2. The number of aromatic nitrogens is 2. The normalized spacial score (nSPS) is 10.3. The van der Waals surface area contributed by atoms with Crippen LogP contribution in [0.15, 0.2) is 17.6 Å². The summed E-state index contributed by atoms with van der Waals surface area (Å²) in [7, 11) is 0. The Bertz CT molecular complexity index is 329. The van der Waals surface area contributed by atoms with Gasteiger partial charge in [0.25, 0.3) is 0 Å². The number of carboxylic acids is 1. The Morgan fingerprint density at radius 2 is 2.19 bits per heavy atom. The highest BCUT2D eigenvalue weighted by Crippen LogP contribution is 2.06. The van der Waals surface area contributed by atoms with Crippen molar-refractivity contribution in [2.24, 2.45) is 0 Å². The zero-order chi connectivity index (χ0) is 11.8. The summed E-state index contributed by atoms with van der Waals surface area (Å²) < 4.78 is 0. The van der Waals surface area contributed by atoms with Crippen LogP contribution in [-0.4, -0.2) is 33.8 Å². The van der Waals surface area contributed by atoms with Crippen LogP contribution in [0, 0.1) is 0 Å². The summed E-state index contributed by atoms with van der Waals surface area (Å²) in [5.41, 5.74) is 1.01. The number of thioether (sulfide) groups is 1. The van der Waals surface area contributed by atoms with E-state index in [4.69, 9.17) is 5.11 Å². The lowest BCUT2D eigenvalue weighted by Crippen LogP contribution is -2.16. The minimum absolute atomic E-state index is 0.203. The van der Waals surface area contributed by atoms with Crippen LogP contribution in [0.25, 0.3) is 0 Å². The molecule has 1 aromatic heterocycles. The molecule has 1 aromatic rings. The van der Waals surface area contributed by atoms with Gasteiger partial charge in [0.2, 0.25) is 0 Å². The highest BCUT2D eigenvalue weighted by molar-refractivity contribution is 7.98. The van der Waals surface area contributed by atoms with E-state index in [0.717, 1.165) is 10.7 Å². The zero-order valence-corrected chi connectivity index (χ0v) is 9.96. The van der Waals surface area contributed by atoms with Gasteiger partial charge in [-0.3, -0.25) is 4.79 Å². The SMILES string of the molecule is CSc1ncc(CNCCCC(=O)O)cn1. The van der Waals surface area contributed by atoms with Crippen molar-refractivity contribution in [3.05, 3.63) is 18.0 Å². The van der Waals surface area contributed by atoms with Crippen molar-refractivity contribution in [1.29, 1.82) is 0 Å². The standard InChI is InChI=1S/C10H15N3O2S/c1-16-10-12-6-8(7-13-10)5-11-4-2-3-9(14)15/h6-7,11H,2-5H2,1H3,(H,14,15). The lowest BCUT2D eigenvalue weighted by molar-refractivity contribution is -0.137. The molecule has 1 rings (SSSR count). The molecule has 0 radical (unpaired) electrons. The van der Waals surface area contributed by atoms with Gasteiger partial charge in [0.15, 0.2) is 5.16 Å². The van der Waals surface area contributed by atoms with Gasteiger partial charge in [0.1, 0.15) is 0 Å². The smallest absolute Gasteiger partial charge is 0.303 e. The Balaban J connectivity index is 2.19. The number of nitrogens with zero attached hydrogens (tertiary/aromatic N) is 2. The number of rotatable bonds is 7. The second-order valence-corrected chi connectivity index (χ2v) is 4.03. The Kier molecular flexibility index (Phi) is 5.81. The number of carbonyl (C=O) groups is 1. The van der Waals surface area contributed by atoms with Gasteiger partial charge in [-0.15, -0.1) is 0 Å². The van der Waals surface area contributed by atoms with Crippen molar-refractivity contribution >= 4 is 17.7 Å². The fourth-order valence-corrected chi connectivity index (χ4v) is 1.45. The lowest BCUT2D eigenvalue weighted by atomic mass is 10.3. The van der Waals surface area contributed by atoms with E-state index in [1.165, 1.54) is 11.8 Å². The number of aliphatic carboxylic acids is 1. The quantitative estimate of drug-likeness (QED) is 0.424. The molecule has 0 unspecified atom stereocenters. The van der Waals surface area contributed by atoms with Gasteiger partial charge in [-0.1, -0.05) is 11.8 Å². The molecule has 1 heterocycles. The van der Waals surface area contributed by atoms with E-state index >= 15 is 0 Å². The number of hydrogen-bond acceptors (Lipinski definition) is 5. The summed E-state index contributed by atoms with van der Waals surface area (Å²) in [6, 6.07) is 0. The number of hydrogen-bond donors (Lipinski definition) is 2. The molecule has 0 aromatic carbocycles. The van der Waals surface area contributed by atoms with Crippen LogP contribution < -0.4 is 5.32 Å². The maximum absolute atomic E-state index is 10.3. The van der Waals surface area contributed by atoms with Crippen LogP contribution in [0.1, 0.15) is 18.4 Å². The molecule has 0 spiro atoms. The van der Waals surface area contributed by atoms with Crippen molar-refractivity contribution in [2.75, 3.05) is 12.8 Å². The average molecular weight is 241 g/mol. The topological polar surface area (TPSA) is 75.1 Å². The van der Waals surface area contributed by atoms with Gasteiger partial charge in [-0.2, -0.15) is 0 Å². The van der Waals surface area contributed by atoms with Crippen LogP contribution in [-0.2, 0) is 11.3 Å². The van der Waals surface area contributed by atoms with Gasteiger partial charge in [0, 0.05) is 30.9 Å². The Hall–Kier alpha value is -1.14. The summed E-state index contributed by atoms with van der Waals surface area (Å²) >= 11 is 1.50. The Morgan fingerprint density at radius 3 is 2.75 bits per heavy atom. The molecule has 6 heteroatoms. The van der Waals surface area contributed by atoms with E-state index in [-0.39, 0.29) is 6.42 Å². The molecule has 2 N–H and O–H groups in total. The molecule has 0 fully saturated rings. The summed E-state index contributed by atoms with van der Waals surface area (Å²) in [4.78, 5) is 18.5. The first-order valence-corrected chi connectivity index (χ1v) is 6.22. The maximum Gasteiger partial charge on any atom is 0.303 e. The van der Waals surface area contributed by atoms with E-state index in [2.05, 4.69) is 15.3 Å². The van der Waals surface area contributed by atoms with E-state index in [1.807, 2.05) is 6.26 Å². The van der Waals surface area contributed by atoms with Crippen molar-refractivity contribution in [1.82, 2.24) is 15.3 Å². The fourth-order valence-electron chi connectivity index (χ4n) is 1.14. The fraction of sp³-hybridized carbons (Fsp3) is 0.500. The van der Waals surface area contributed by atoms with Crippen molar-refractivity contribution in [2.45, 2.75) is 24.5 Å². The largest absolute Gasteiger partial charge is 0.481 e. The minimum Gasteiger partial charge on any atom is -0.481 e. The van der Waals surface area contributed by atoms with E-state index in [1.54, 1.807) is 12.4 Å². The second kappa shape index (κ2) is 7.19. The molecule has 0 atom stereocenters. The zero-order valence-electron chi connectivity index (χ0n) is 9.14. The molecule has 0 bridgehead atoms. The average Bonchev–Trinajstić information content (AvgIpc) is 2.29. The van der Waals surface area contributed by atoms with Crippen LogP contribution in [0.4, 0.5) is 0 Å². The maximum atomic E-state index is 10.3. The van der Waals surface area contributed by atoms with Crippen LogP contribution in [0.5, 0.6) is 0 Å². The molecular weight excluding hydrogens is 226 g/mol. The molecule has 0 aliphatic heterocycles.